The molecule has 2 nitrogen and oxygen atoms in total. The van der Waals surface area contributed by atoms with Crippen LogP contribution in [0.5, 0.6) is 0 Å². The Morgan fingerprint density at radius 2 is 1.88 bits per heavy atom. The van der Waals surface area contributed by atoms with Gasteiger partial charge in [0.2, 0.25) is 0 Å². The standard InChI is InChI=1S/C10H10Cl2F3NO/c11-7-2-1-6(3-8(7)12)9(16)4-17-5-10(13,14)15/h1-3,9H,4-5,16H2. The second kappa shape index (κ2) is 5.91. The number of rotatable bonds is 4. The Morgan fingerprint density at radius 1 is 1.24 bits per heavy atom. The molecule has 1 aromatic rings. The minimum Gasteiger partial charge on any atom is -0.370 e. The number of benzene rings is 1. The van der Waals surface area contributed by atoms with Gasteiger partial charge in [-0.25, -0.2) is 0 Å². The normalized spacial score (nSPS) is 13.8. The van der Waals surface area contributed by atoms with Crippen molar-refractivity contribution >= 4 is 23.2 Å². The van der Waals surface area contributed by atoms with Gasteiger partial charge in [0.05, 0.1) is 22.7 Å². The molecule has 0 bridgehead atoms. The van der Waals surface area contributed by atoms with Crippen LogP contribution in [0.1, 0.15) is 11.6 Å². The summed E-state index contributed by atoms with van der Waals surface area (Å²) < 4.78 is 39.9. The van der Waals surface area contributed by atoms with E-state index in [-0.39, 0.29) is 6.61 Å². The molecular formula is C10H10Cl2F3NO. The van der Waals surface area contributed by atoms with Crippen molar-refractivity contribution in [3.63, 3.8) is 0 Å². The summed E-state index contributed by atoms with van der Waals surface area (Å²) in [5, 5.41) is 0.661. The van der Waals surface area contributed by atoms with Crippen LogP contribution in [0.3, 0.4) is 0 Å². The molecular weight excluding hydrogens is 278 g/mol. The summed E-state index contributed by atoms with van der Waals surface area (Å²) in [5.74, 6) is 0. The van der Waals surface area contributed by atoms with Crippen molar-refractivity contribution in [2.24, 2.45) is 5.73 Å². The van der Waals surface area contributed by atoms with E-state index in [0.717, 1.165) is 0 Å². The molecule has 17 heavy (non-hydrogen) atoms. The third kappa shape index (κ3) is 5.12. The first-order valence-electron chi connectivity index (χ1n) is 4.64. The third-order valence-electron chi connectivity index (χ3n) is 1.93. The Labute approximate surface area is 106 Å². The molecule has 0 aromatic heterocycles. The van der Waals surface area contributed by atoms with Crippen molar-refractivity contribution in [3.05, 3.63) is 33.8 Å². The van der Waals surface area contributed by atoms with Gasteiger partial charge in [0, 0.05) is 0 Å². The number of hydrogen-bond acceptors (Lipinski definition) is 2. The lowest BCUT2D eigenvalue weighted by atomic mass is 10.1. The van der Waals surface area contributed by atoms with E-state index in [1.165, 1.54) is 12.1 Å². The number of nitrogens with two attached hydrogens (primary N) is 1. The number of alkyl halides is 3. The molecule has 96 valence electrons. The van der Waals surface area contributed by atoms with E-state index in [4.69, 9.17) is 28.9 Å². The highest BCUT2D eigenvalue weighted by molar-refractivity contribution is 6.42. The summed E-state index contributed by atoms with van der Waals surface area (Å²) in [6.45, 7) is -1.56. The second-order valence-corrected chi connectivity index (χ2v) is 4.22. The largest absolute Gasteiger partial charge is 0.411 e. The molecule has 0 aliphatic heterocycles. The Morgan fingerprint density at radius 3 is 2.41 bits per heavy atom. The van der Waals surface area contributed by atoms with E-state index < -0.39 is 18.8 Å². The van der Waals surface area contributed by atoms with Gasteiger partial charge < -0.3 is 10.5 Å². The van der Waals surface area contributed by atoms with Crippen LogP contribution in [0.2, 0.25) is 10.0 Å². The van der Waals surface area contributed by atoms with E-state index in [2.05, 4.69) is 4.74 Å². The Kier molecular flexibility index (Phi) is 5.06. The van der Waals surface area contributed by atoms with Gasteiger partial charge in [0.25, 0.3) is 0 Å². The fraction of sp³-hybridized carbons (Fsp3) is 0.400. The first kappa shape index (κ1) is 14.6. The Balaban J connectivity index is 2.52. The smallest absolute Gasteiger partial charge is 0.370 e. The molecule has 1 atom stereocenters. The van der Waals surface area contributed by atoms with Crippen LogP contribution in [0.4, 0.5) is 13.2 Å². The lowest BCUT2D eigenvalue weighted by molar-refractivity contribution is -0.174. The monoisotopic (exact) mass is 287 g/mol. The minimum absolute atomic E-state index is 0.239. The first-order chi connectivity index (χ1) is 7.79. The van der Waals surface area contributed by atoms with Gasteiger partial charge in [-0.1, -0.05) is 29.3 Å². The summed E-state index contributed by atoms with van der Waals surface area (Å²) in [6, 6.07) is 3.96. The van der Waals surface area contributed by atoms with Gasteiger partial charge in [-0.3, -0.25) is 0 Å². The van der Waals surface area contributed by atoms with Crippen molar-refractivity contribution in [1.82, 2.24) is 0 Å². The molecule has 0 aliphatic carbocycles. The van der Waals surface area contributed by atoms with Crippen molar-refractivity contribution < 1.29 is 17.9 Å². The van der Waals surface area contributed by atoms with Gasteiger partial charge in [-0.05, 0) is 17.7 Å². The maximum Gasteiger partial charge on any atom is 0.411 e. The van der Waals surface area contributed by atoms with Gasteiger partial charge in [0.15, 0.2) is 0 Å². The molecule has 1 unspecified atom stereocenters. The highest BCUT2D eigenvalue weighted by Crippen LogP contribution is 2.25. The van der Waals surface area contributed by atoms with Gasteiger partial charge >= 0.3 is 6.18 Å². The summed E-state index contributed by atoms with van der Waals surface area (Å²) in [6.07, 6.45) is -4.35. The van der Waals surface area contributed by atoms with E-state index in [1.807, 2.05) is 0 Å². The molecule has 0 saturated carbocycles. The Hall–Kier alpha value is -0.490. The van der Waals surface area contributed by atoms with Crippen LogP contribution in [-0.2, 0) is 4.74 Å². The summed E-state index contributed by atoms with van der Waals surface area (Å²) >= 11 is 11.5. The highest BCUT2D eigenvalue weighted by Gasteiger charge is 2.27. The highest BCUT2D eigenvalue weighted by atomic mass is 35.5. The summed E-state index contributed by atoms with van der Waals surface area (Å²) in [7, 11) is 0. The van der Waals surface area contributed by atoms with Crippen LogP contribution in [-0.4, -0.2) is 19.4 Å². The van der Waals surface area contributed by atoms with Gasteiger partial charge in [-0.15, -0.1) is 0 Å². The molecule has 1 aromatic carbocycles. The minimum atomic E-state index is -4.35. The second-order valence-electron chi connectivity index (χ2n) is 3.41. The van der Waals surface area contributed by atoms with Crippen molar-refractivity contribution in [1.29, 1.82) is 0 Å². The van der Waals surface area contributed by atoms with Crippen LogP contribution in [0, 0.1) is 0 Å². The molecule has 7 heteroatoms. The molecule has 2 N–H and O–H groups in total. The molecule has 0 radical (unpaired) electrons. The maximum atomic E-state index is 11.8. The fourth-order valence-corrected chi connectivity index (χ4v) is 1.45. The van der Waals surface area contributed by atoms with E-state index in [9.17, 15) is 13.2 Å². The zero-order chi connectivity index (χ0) is 13.1. The van der Waals surface area contributed by atoms with Crippen molar-refractivity contribution in [2.75, 3.05) is 13.2 Å². The maximum absolute atomic E-state index is 11.8. The number of halogens is 5. The fourth-order valence-electron chi connectivity index (χ4n) is 1.14. The van der Waals surface area contributed by atoms with Gasteiger partial charge in [0.1, 0.15) is 6.61 Å². The van der Waals surface area contributed by atoms with Crippen LogP contribution >= 0.6 is 23.2 Å². The molecule has 0 fully saturated rings. The molecule has 0 aliphatic rings. The topological polar surface area (TPSA) is 35.2 Å². The average molecular weight is 288 g/mol. The first-order valence-corrected chi connectivity index (χ1v) is 5.40. The number of ether oxygens (including phenoxy) is 1. The molecule has 1 rings (SSSR count). The predicted octanol–water partition coefficient (Wildman–Crippen LogP) is 3.57. The lowest BCUT2D eigenvalue weighted by Gasteiger charge is -2.14. The molecule has 0 amide bonds. The number of hydrogen-bond donors (Lipinski definition) is 1. The van der Waals surface area contributed by atoms with Crippen LogP contribution in [0.25, 0.3) is 0 Å². The lowest BCUT2D eigenvalue weighted by Crippen LogP contribution is -2.23. The summed E-state index contributed by atoms with van der Waals surface area (Å²) in [4.78, 5) is 0. The van der Waals surface area contributed by atoms with Crippen LogP contribution in [0.15, 0.2) is 18.2 Å². The SMILES string of the molecule is NC(COCC(F)(F)F)c1ccc(Cl)c(Cl)c1. The molecule has 0 spiro atoms. The average Bonchev–Trinajstić information content (AvgIpc) is 2.20. The van der Waals surface area contributed by atoms with E-state index in [1.54, 1.807) is 6.07 Å². The van der Waals surface area contributed by atoms with Crippen molar-refractivity contribution in [3.8, 4) is 0 Å². The zero-order valence-corrected chi connectivity index (χ0v) is 10.1. The van der Waals surface area contributed by atoms with Crippen molar-refractivity contribution in [2.45, 2.75) is 12.2 Å². The van der Waals surface area contributed by atoms with E-state index >= 15 is 0 Å². The van der Waals surface area contributed by atoms with Gasteiger partial charge in [-0.2, -0.15) is 13.2 Å². The predicted molar refractivity (Wildman–Crippen MR) is 60.3 cm³/mol. The molecule has 0 heterocycles. The summed E-state index contributed by atoms with van der Waals surface area (Å²) in [5.41, 5.74) is 6.22. The zero-order valence-electron chi connectivity index (χ0n) is 8.60. The molecule has 0 saturated heterocycles. The Bertz CT molecular complexity index is 384. The third-order valence-corrected chi connectivity index (χ3v) is 2.67. The quantitative estimate of drug-likeness (QED) is 0.919. The van der Waals surface area contributed by atoms with E-state index in [0.29, 0.717) is 15.6 Å². The van der Waals surface area contributed by atoms with Crippen LogP contribution < -0.4 is 5.73 Å².